The Morgan fingerprint density at radius 2 is 1.58 bits per heavy atom. The maximum Gasteiger partial charge on any atom is 0.239 e. The zero-order valence-corrected chi connectivity index (χ0v) is 14.5. The van der Waals surface area contributed by atoms with Crippen molar-refractivity contribution in [3.63, 3.8) is 0 Å². The van der Waals surface area contributed by atoms with Crippen molar-refractivity contribution in [2.24, 2.45) is 5.73 Å². The van der Waals surface area contributed by atoms with E-state index in [1.807, 2.05) is 0 Å². The maximum absolute atomic E-state index is 13.9. The van der Waals surface area contributed by atoms with E-state index in [0.29, 0.717) is 29.8 Å². The molecule has 24 heavy (non-hydrogen) atoms. The molecule has 2 heterocycles. The second kappa shape index (κ2) is 7.54. The molecule has 0 aromatic heterocycles. The van der Waals surface area contributed by atoms with Gasteiger partial charge in [-0.1, -0.05) is 0 Å². The first kappa shape index (κ1) is 19.4. The van der Waals surface area contributed by atoms with E-state index in [9.17, 15) is 27.2 Å². The molecule has 0 unspecified atom stereocenters. The molecule has 2 bridgehead atoms. The second-order valence-electron chi connectivity index (χ2n) is 5.01. The lowest BCUT2D eigenvalue weighted by Crippen LogP contribution is -2.63. The standard InChI is InChI=1S/C13H12F4N2O2S3/c14-6-8(16)11-9(17)7(15)10(6)23-3-13(4-24-11,12(18)21)19-5(1-20)2-22/h1,5,19,22H,2-4H2,(H2,18,21)/t5-/m1/s1. The largest absolute Gasteiger partial charge is 0.368 e. The molecule has 1 aromatic rings. The number of carbonyl (C=O) groups is 2. The summed E-state index contributed by atoms with van der Waals surface area (Å²) in [7, 11) is 0. The maximum atomic E-state index is 13.9. The van der Waals surface area contributed by atoms with E-state index in [4.69, 9.17) is 5.73 Å². The van der Waals surface area contributed by atoms with Crippen LogP contribution in [-0.4, -0.2) is 41.0 Å². The summed E-state index contributed by atoms with van der Waals surface area (Å²) < 4.78 is 55.7. The van der Waals surface area contributed by atoms with Crippen molar-refractivity contribution < 1.29 is 27.2 Å². The minimum absolute atomic E-state index is 0.0307. The lowest BCUT2D eigenvalue weighted by molar-refractivity contribution is -0.123. The molecule has 0 saturated carbocycles. The van der Waals surface area contributed by atoms with Gasteiger partial charge in [0.25, 0.3) is 0 Å². The van der Waals surface area contributed by atoms with Crippen LogP contribution in [0.1, 0.15) is 0 Å². The first-order valence-electron chi connectivity index (χ1n) is 6.52. The van der Waals surface area contributed by atoms with E-state index in [0.717, 1.165) is 0 Å². The summed E-state index contributed by atoms with van der Waals surface area (Å²) in [6.45, 7) is 0. The number of aldehydes is 1. The minimum atomic E-state index is -1.62. The molecule has 1 atom stereocenters. The number of nitrogens with two attached hydrogens (primary N) is 1. The smallest absolute Gasteiger partial charge is 0.239 e. The molecule has 3 N–H and O–H groups in total. The molecule has 2 aliphatic rings. The third kappa shape index (κ3) is 3.39. The number of benzene rings is 1. The number of carbonyl (C=O) groups excluding carboxylic acids is 2. The fourth-order valence-corrected chi connectivity index (χ4v) is 4.66. The molecule has 0 spiro atoms. The van der Waals surface area contributed by atoms with Gasteiger partial charge in [0.05, 0.1) is 15.8 Å². The van der Waals surface area contributed by atoms with E-state index in [2.05, 4.69) is 17.9 Å². The average molecular weight is 400 g/mol. The predicted octanol–water partition coefficient (Wildman–Crippen LogP) is 1.75. The molecule has 132 valence electrons. The summed E-state index contributed by atoms with van der Waals surface area (Å²) in [6, 6.07) is -0.874. The number of hydrogen-bond acceptors (Lipinski definition) is 6. The molecule has 4 nitrogen and oxygen atoms in total. The van der Waals surface area contributed by atoms with Crippen LogP contribution < -0.4 is 11.1 Å². The van der Waals surface area contributed by atoms with Crippen LogP contribution in [0.4, 0.5) is 17.6 Å². The van der Waals surface area contributed by atoms with E-state index < -0.39 is 50.5 Å². The van der Waals surface area contributed by atoms with Crippen LogP contribution in [0.2, 0.25) is 0 Å². The number of rotatable bonds is 5. The van der Waals surface area contributed by atoms with Crippen LogP contribution in [-0.2, 0) is 9.59 Å². The summed E-state index contributed by atoms with van der Waals surface area (Å²) in [6.07, 6.45) is 0.493. The Morgan fingerprint density at radius 3 is 1.88 bits per heavy atom. The van der Waals surface area contributed by atoms with Gasteiger partial charge in [-0.2, -0.15) is 12.6 Å². The molecule has 2 aliphatic heterocycles. The van der Waals surface area contributed by atoms with Crippen molar-refractivity contribution in [3.8, 4) is 0 Å². The van der Waals surface area contributed by atoms with Gasteiger partial charge >= 0.3 is 0 Å². The molecule has 1 aromatic carbocycles. The molecule has 0 radical (unpaired) electrons. The van der Waals surface area contributed by atoms with Crippen molar-refractivity contribution in [2.75, 3.05) is 17.3 Å². The Kier molecular flexibility index (Phi) is 6.10. The minimum Gasteiger partial charge on any atom is -0.368 e. The molecule has 1 amide bonds. The zero-order chi connectivity index (χ0) is 18.1. The first-order valence-corrected chi connectivity index (χ1v) is 9.13. The normalized spacial score (nSPS) is 17.7. The van der Waals surface area contributed by atoms with Crippen LogP contribution in [0.15, 0.2) is 9.79 Å². The van der Waals surface area contributed by atoms with E-state index in [1.54, 1.807) is 0 Å². The van der Waals surface area contributed by atoms with Crippen LogP contribution in [0.25, 0.3) is 0 Å². The van der Waals surface area contributed by atoms with Gasteiger partial charge in [0, 0.05) is 17.3 Å². The molecular weight excluding hydrogens is 388 g/mol. The Bertz CT molecular complexity index is 622. The number of hydrogen-bond donors (Lipinski definition) is 3. The number of thiol groups is 1. The summed E-state index contributed by atoms with van der Waals surface area (Å²) in [4.78, 5) is 21.2. The summed E-state index contributed by atoms with van der Waals surface area (Å²) in [5.74, 6) is -7.63. The number of nitrogens with one attached hydrogen (secondary N) is 1. The number of fused-ring (bicyclic) bond motifs is 6. The highest BCUT2D eigenvalue weighted by molar-refractivity contribution is 8.00. The van der Waals surface area contributed by atoms with Crippen molar-refractivity contribution in [3.05, 3.63) is 23.3 Å². The highest BCUT2D eigenvalue weighted by Crippen LogP contribution is 2.40. The fourth-order valence-electron chi connectivity index (χ4n) is 2.05. The van der Waals surface area contributed by atoms with E-state index in [-0.39, 0.29) is 17.3 Å². The molecule has 0 fully saturated rings. The molecule has 0 aliphatic carbocycles. The topological polar surface area (TPSA) is 72.2 Å². The van der Waals surface area contributed by atoms with E-state index >= 15 is 0 Å². The van der Waals surface area contributed by atoms with Gasteiger partial charge in [-0.25, -0.2) is 17.6 Å². The first-order chi connectivity index (χ1) is 11.3. The van der Waals surface area contributed by atoms with Crippen LogP contribution >= 0.6 is 36.2 Å². The van der Waals surface area contributed by atoms with Crippen LogP contribution in [0.3, 0.4) is 0 Å². The highest BCUT2D eigenvalue weighted by Gasteiger charge is 2.42. The third-order valence-electron chi connectivity index (χ3n) is 3.40. The zero-order valence-electron chi connectivity index (χ0n) is 11.9. The van der Waals surface area contributed by atoms with Crippen LogP contribution in [0, 0.1) is 23.3 Å². The van der Waals surface area contributed by atoms with Gasteiger partial charge in [0.15, 0.2) is 23.3 Å². The van der Waals surface area contributed by atoms with Gasteiger partial charge in [0.1, 0.15) is 11.8 Å². The van der Waals surface area contributed by atoms with Crippen LogP contribution in [0.5, 0.6) is 0 Å². The SMILES string of the molecule is NC(=O)C1(N[C@H](C=O)CS)CSc2c(F)c(F)c(c(F)c2F)SC1. The molecular formula is C13H12F4N2O2S3. The average Bonchev–Trinajstić information content (AvgIpc) is 2.64. The lowest BCUT2D eigenvalue weighted by Gasteiger charge is -2.32. The van der Waals surface area contributed by atoms with Gasteiger partial charge in [0.2, 0.25) is 5.91 Å². The summed E-state index contributed by atoms with van der Waals surface area (Å²) >= 11 is 4.77. The summed E-state index contributed by atoms with van der Waals surface area (Å²) in [5.41, 5.74) is 3.78. The van der Waals surface area contributed by atoms with E-state index in [1.165, 1.54) is 0 Å². The van der Waals surface area contributed by atoms with Gasteiger partial charge < -0.3 is 10.5 Å². The van der Waals surface area contributed by atoms with Crippen molar-refractivity contribution in [2.45, 2.75) is 21.4 Å². The molecule has 0 saturated heterocycles. The fraction of sp³-hybridized carbons (Fsp3) is 0.385. The number of halogens is 4. The Balaban J connectivity index is 2.50. The second-order valence-corrected chi connectivity index (χ2v) is 7.34. The highest BCUT2D eigenvalue weighted by atomic mass is 32.2. The van der Waals surface area contributed by atoms with Crippen molar-refractivity contribution in [1.29, 1.82) is 0 Å². The lowest BCUT2D eigenvalue weighted by atomic mass is 10.0. The van der Waals surface area contributed by atoms with Gasteiger partial charge in [-0.05, 0) is 0 Å². The van der Waals surface area contributed by atoms with Crippen molar-refractivity contribution in [1.82, 2.24) is 5.32 Å². The third-order valence-corrected chi connectivity index (χ3v) is 6.36. The van der Waals surface area contributed by atoms with Crippen molar-refractivity contribution >= 4 is 48.3 Å². The summed E-state index contributed by atoms with van der Waals surface area (Å²) in [5, 5.41) is 2.68. The number of primary amides is 1. The Labute approximate surface area is 148 Å². The quantitative estimate of drug-likeness (QED) is 0.304. The number of amides is 1. The monoisotopic (exact) mass is 400 g/mol. The van der Waals surface area contributed by atoms with Gasteiger partial charge in [-0.15, -0.1) is 23.5 Å². The van der Waals surface area contributed by atoms with Gasteiger partial charge in [-0.3, -0.25) is 10.1 Å². The molecule has 3 rings (SSSR count). The predicted molar refractivity (Wildman–Crippen MR) is 86.5 cm³/mol. The Hall–Kier alpha value is -0.910. The Morgan fingerprint density at radius 1 is 1.17 bits per heavy atom. The molecule has 11 heteroatoms. The number of thioether (sulfide) groups is 2.